The molecule has 0 saturated heterocycles. The van der Waals surface area contributed by atoms with Crippen molar-refractivity contribution < 1.29 is 33.5 Å². The quantitative estimate of drug-likeness (QED) is 0.139. The SMILES string of the molecule is CCOC(=O)C1=C(C)NC(=O)N[C@@H]1c1ccc(OCC(=O)N/N=C\c2cc([N+](=O)[O-])ccc2N(CC)CC)c(OC)c1. The molecule has 2 aromatic rings. The number of allylic oxidation sites excluding steroid dienone is 1. The van der Waals surface area contributed by atoms with Crippen molar-refractivity contribution >= 4 is 35.5 Å². The van der Waals surface area contributed by atoms with Crippen molar-refractivity contribution in [2.75, 3.05) is 38.3 Å². The molecule has 0 bridgehead atoms. The van der Waals surface area contributed by atoms with Crippen LogP contribution in [0.2, 0.25) is 0 Å². The number of rotatable bonds is 13. The number of methoxy groups -OCH3 is 1. The standard InChI is InChI=1S/C28H34N6O8/c1-6-33(7-2)21-11-10-20(34(38)39)13-19(21)15-29-32-24(35)16-42-22-12-9-18(14-23(22)40-5)26-25(27(36)41-8-3)17(4)30-28(37)31-26/h9-15,26H,6-8,16H2,1-5H3,(H,32,35)(H2,30,31,37)/b29-15-/t26-/m1/s1. The van der Waals surface area contributed by atoms with Gasteiger partial charge >= 0.3 is 12.0 Å². The van der Waals surface area contributed by atoms with Crippen LogP contribution in [0.5, 0.6) is 11.5 Å². The first-order chi connectivity index (χ1) is 20.1. The number of esters is 1. The number of anilines is 1. The molecule has 224 valence electrons. The third kappa shape index (κ3) is 7.53. The van der Waals surface area contributed by atoms with Crippen molar-refractivity contribution in [3.63, 3.8) is 0 Å². The lowest BCUT2D eigenvalue weighted by Crippen LogP contribution is -2.45. The van der Waals surface area contributed by atoms with Crippen LogP contribution in [0.1, 0.15) is 44.9 Å². The van der Waals surface area contributed by atoms with Gasteiger partial charge < -0.3 is 29.7 Å². The third-order valence-electron chi connectivity index (χ3n) is 6.36. The number of carbonyl (C=O) groups is 3. The van der Waals surface area contributed by atoms with Crippen molar-refractivity contribution in [2.24, 2.45) is 5.10 Å². The van der Waals surface area contributed by atoms with Crippen LogP contribution in [0.15, 0.2) is 52.8 Å². The first-order valence-electron chi connectivity index (χ1n) is 13.2. The highest BCUT2D eigenvalue weighted by molar-refractivity contribution is 5.95. The molecule has 3 N–H and O–H groups in total. The molecule has 0 saturated carbocycles. The fourth-order valence-corrected chi connectivity index (χ4v) is 4.37. The molecule has 0 radical (unpaired) electrons. The molecule has 3 rings (SSSR count). The molecule has 0 spiro atoms. The number of benzene rings is 2. The molecule has 14 nitrogen and oxygen atoms in total. The van der Waals surface area contributed by atoms with Crippen LogP contribution in [0, 0.1) is 10.1 Å². The molecule has 14 heteroatoms. The van der Waals surface area contributed by atoms with Gasteiger partial charge in [-0.3, -0.25) is 14.9 Å². The number of hydrogen-bond acceptors (Lipinski definition) is 10. The van der Waals surface area contributed by atoms with E-state index in [4.69, 9.17) is 14.2 Å². The van der Waals surface area contributed by atoms with Crippen LogP contribution in [0.3, 0.4) is 0 Å². The second-order valence-electron chi connectivity index (χ2n) is 8.96. The Kier molecular flexibility index (Phi) is 10.8. The minimum atomic E-state index is -0.798. The zero-order valence-electron chi connectivity index (χ0n) is 24.1. The van der Waals surface area contributed by atoms with E-state index < -0.39 is 35.5 Å². The maximum absolute atomic E-state index is 12.6. The molecule has 0 unspecified atom stereocenters. The lowest BCUT2D eigenvalue weighted by Gasteiger charge is -2.28. The predicted molar refractivity (Wildman–Crippen MR) is 155 cm³/mol. The lowest BCUT2D eigenvalue weighted by atomic mass is 9.95. The maximum Gasteiger partial charge on any atom is 0.338 e. The summed E-state index contributed by atoms with van der Waals surface area (Å²) in [5, 5.41) is 20.5. The van der Waals surface area contributed by atoms with Gasteiger partial charge in [0.15, 0.2) is 18.1 Å². The Bertz CT molecular complexity index is 1400. The van der Waals surface area contributed by atoms with Gasteiger partial charge in [0.05, 0.1) is 36.5 Å². The first-order valence-corrected chi connectivity index (χ1v) is 13.2. The molecule has 1 aliphatic rings. The zero-order valence-corrected chi connectivity index (χ0v) is 24.1. The third-order valence-corrected chi connectivity index (χ3v) is 6.36. The topological polar surface area (TPSA) is 174 Å². The molecule has 42 heavy (non-hydrogen) atoms. The molecule has 1 atom stereocenters. The number of carbonyl (C=O) groups excluding carboxylic acids is 3. The number of nitrogens with one attached hydrogen (secondary N) is 3. The average molecular weight is 583 g/mol. The number of nitrogens with zero attached hydrogens (tertiary/aromatic N) is 3. The fourth-order valence-electron chi connectivity index (χ4n) is 4.37. The highest BCUT2D eigenvalue weighted by Gasteiger charge is 2.32. The molecule has 1 heterocycles. The van der Waals surface area contributed by atoms with E-state index in [1.165, 1.54) is 25.5 Å². The molecule has 0 aliphatic carbocycles. The van der Waals surface area contributed by atoms with E-state index in [1.807, 2.05) is 18.7 Å². The van der Waals surface area contributed by atoms with E-state index in [2.05, 4.69) is 21.2 Å². The van der Waals surface area contributed by atoms with Gasteiger partial charge in [0.1, 0.15) is 0 Å². The number of amides is 3. The van der Waals surface area contributed by atoms with E-state index >= 15 is 0 Å². The summed E-state index contributed by atoms with van der Waals surface area (Å²) in [6.45, 7) is 8.34. The second-order valence-corrected chi connectivity index (χ2v) is 8.96. The number of hydrazone groups is 1. The number of ether oxygens (including phenoxy) is 3. The summed E-state index contributed by atoms with van der Waals surface area (Å²) in [6, 6.07) is 7.96. The zero-order chi connectivity index (χ0) is 30.8. The number of nitro benzene ring substituents is 1. The summed E-state index contributed by atoms with van der Waals surface area (Å²) >= 11 is 0. The van der Waals surface area contributed by atoms with E-state index in [0.29, 0.717) is 29.9 Å². The van der Waals surface area contributed by atoms with Gasteiger partial charge in [0, 0.05) is 42.2 Å². The minimum absolute atomic E-state index is 0.0957. The lowest BCUT2D eigenvalue weighted by molar-refractivity contribution is -0.384. The van der Waals surface area contributed by atoms with Crippen molar-refractivity contribution in [2.45, 2.75) is 33.7 Å². The molecule has 0 aromatic heterocycles. The Morgan fingerprint density at radius 1 is 1.14 bits per heavy atom. The van der Waals surface area contributed by atoms with Gasteiger partial charge in [0.2, 0.25) is 0 Å². The molecule has 1 aliphatic heterocycles. The van der Waals surface area contributed by atoms with E-state index in [1.54, 1.807) is 38.1 Å². The summed E-state index contributed by atoms with van der Waals surface area (Å²) in [5.41, 5.74) is 4.63. The molecule has 2 aromatic carbocycles. The average Bonchev–Trinajstić information content (AvgIpc) is 2.96. The largest absolute Gasteiger partial charge is 0.493 e. The number of hydrogen-bond donors (Lipinski definition) is 3. The minimum Gasteiger partial charge on any atom is -0.493 e. The highest BCUT2D eigenvalue weighted by Crippen LogP contribution is 2.34. The Hall–Kier alpha value is -5.14. The maximum atomic E-state index is 12.6. The predicted octanol–water partition coefficient (Wildman–Crippen LogP) is 3.17. The normalized spacial score (nSPS) is 14.6. The van der Waals surface area contributed by atoms with Gasteiger partial charge in [0.25, 0.3) is 11.6 Å². The summed E-state index contributed by atoms with van der Waals surface area (Å²) in [4.78, 5) is 49.9. The molecular formula is C28H34N6O8. The summed E-state index contributed by atoms with van der Waals surface area (Å²) in [5.74, 6) is -0.654. The van der Waals surface area contributed by atoms with E-state index in [-0.39, 0.29) is 29.4 Å². The van der Waals surface area contributed by atoms with Crippen LogP contribution in [0.25, 0.3) is 0 Å². The Morgan fingerprint density at radius 3 is 2.52 bits per heavy atom. The summed E-state index contributed by atoms with van der Waals surface area (Å²) in [7, 11) is 1.41. The van der Waals surface area contributed by atoms with Gasteiger partial charge in [-0.05, 0) is 51.5 Å². The van der Waals surface area contributed by atoms with Crippen molar-refractivity contribution in [1.29, 1.82) is 0 Å². The highest BCUT2D eigenvalue weighted by atomic mass is 16.6. The van der Waals surface area contributed by atoms with E-state index in [0.717, 1.165) is 5.69 Å². The molecular weight excluding hydrogens is 548 g/mol. The Labute approximate surface area is 242 Å². The van der Waals surface area contributed by atoms with Crippen molar-refractivity contribution in [1.82, 2.24) is 16.1 Å². The van der Waals surface area contributed by atoms with Crippen molar-refractivity contribution in [3.05, 3.63) is 68.9 Å². The second kappa shape index (κ2) is 14.5. The van der Waals surface area contributed by atoms with Gasteiger partial charge in [-0.2, -0.15) is 5.10 Å². The number of non-ortho nitro benzene ring substituents is 1. The fraction of sp³-hybridized carbons (Fsp3) is 0.357. The van der Waals surface area contributed by atoms with Crippen LogP contribution >= 0.6 is 0 Å². The van der Waals surface area contributed by atoms with Gasteiger partial charge in [-0.15, -0.1) is 0 Å². The first kappa shape index (κ1) is 31.4. The van der Waals surface area contributed by atoms with Crippen LogP contribution in [0.4, 0.5) is 16.2 Å². The van der Waals surface area contributed by atoms with Gasteiger partial charge in [-0.25, -0.2) is 15.0 Å². The number of urea groups is 1. The van der Waals surface area contributed by atoms with Crippen LogP contribution in [-0.2, 0) is 14.3 Å². The van der Waals surface area contributed by atoms with E-state index in [9.17, 15) is 24.5 Å². The number of nitro groups is 1. The summed E-state index contributed by atoms with van der Waals surface area (Å²) in [6.07, 6.45) is 1.35. The van der Waals surface area contributed by atoms with Crippen LogP contribution < -0.4 is 30.4 Å². The van der Waals surface area contributed by atoms with Crippen LogP contribution in [-0.4, -0.2) is 62.5 Å². The monoisotopic (exact) mass is 582 g/mol. The van der Waals surface area contributed by atoms with Crippen molar-refractivity contribution in [3.8, 4) is 11.5 Å². The molecule has 0 fully saturated rings. The summed E-state index contributed by atoms with van der Waals surface area (Å²) < 4.78 is 16.2. The Morgan fingerprint density at radius 2 is 1.88 bits per heavy atom. The van der Waals surface area contributed by atoms with Gasteiger partial charge in [-0.1, -0.05) is 6.07 Å². The smallest absolute Gasteiger partial charge is 0.338 e. The molecule has 3 amide bonds. The Balaban J connectivity index is 1.72.